The summed E-state index contributed by atoms with van der Waals surface area (Å²) >= 11 is 0. The Labute approximate surface area is 129 Å². The number of hydrogen-bond acceptors (Lipinski definition) is 4. The zero-order valence-electron chi connectivity index (χ0n) is 12.6. The molecule has 114 valence electrons. The Morgan fingerprint density at radius 2 is 1.86 bits per heavy atom. The molecule has 1 N–H and O–H groups in total. The van der Waals surface area contributed by atoms with E-state index in [1.807, 2.05) is 12.1 Å². The van der Waals surface area contributed by atoms with Crippen molar-refractivity contribution >= 4 is 5.97 Å². The van der Waals surface area contributed by atoms with Gasteiger partial charge in [0.05, 0.1) is 18.1 Å². The van der Waals surface area contributed by atoms with Crippen LogP contribution in [-0.2, 0) is 0 Å². The van der Waals surface area contributed by atoms with Gasteiger partial charge in [0.2, 0.25) is 0 Å². The first-order valence-corrected chi connectivity index (χ1v) is 7.55. The molecule has 5 heteroatoms. The van der Waals surface area contributed by atoms with E-state index in [0.717, 1.165) is 18.7 Å². The lowest BCUT2D eigenvalue weighted by Gasteiger charge is -2.24. The molecule has 0 aliphatic carbocycles. The van der Waals surface area contributed by atoms with E-state index in [4.69, 9.17) is 5.11 Å². The van der Waals surface area contributed by atoms with Gasteiger partial charge in [0.1, 0.15) is 0 Å². The van der Waals surface area contributed by atoms with Crippen LogP contribution in [-0.4, -0.2) is 39.0 Å². The molecular weight excluding hydrogens is 278 g/mol. The van der Waals surface area contributed by atoms with Crippen LogP contribution < -0.4 is 0 Å². The van der Waals surface area contributed by atoms with E-state index in [9.17, 15) is 4.79 Å². The zero-order chi connectivity index (χ0) is 15.5. The fourth-order valence-electron chi connectivity index (χ4n) is 2.88. The van der Waals surface area contributed by atoms with Crippen molar-refractivity contribution in [2.45, 2.75) is 25.8 Å². The third kappa shape index (κ3) is 2.99. The Morgan fingerprint density at radius 1 is 1.18 bits per heavy atom. The maximum atomic E-state index is 11.0. The summed E-state index contributed by atoms with van der Waals surface area (Å²) in [5.41, 5.74) is 2.70. The van der Waals surface area contributed by atoms with Crippen molar-refractivity contribution in [3.05, 3.63) is 47.9 Å². The number of hydrogen-bond donors (Lipinski definition) is 1. The Balaban J connectivity index is 1.81. The Kier molecular flexibility index (Phi) is 4.15. The molecule has 2 aromatic rings. The van der Waals surface area contributed by atoms with Crippen LogP contribution in [0, 0.1) is 0 Å². The lowest BCUT2D eigenvalue weighted by atomic mass is 10.0. The second-order valence-electron chi connectivity index (χ2n) is 5.64. The average Bonchev–Trinajstić information content (AvgIpc) is 3.09. The topological polar surface area (TPSA) is 66.3 Å². The fraction of sp³-hybridized carbons (Fsp3) is 0.353. The van der Waals surface area contributed by atoms with Crippen molar-refractivity contribution in [3.8, 4) is 11.3 Å². The maximum absolute atomic E-state index is 11.0. The van der Waals surface area contributed by atoms with Gasteiger partial charge >= 0.3 is 5.97 Å². The SMILES string of the molecule is CC(c1ccc(-c2cncc(C(=O)O)n2)cc1)N1CCCC1. The molecule has 1 aromatic heterocycles. The summed E-state index contributed by atoms with van der Waals surface area (Å²) in [4.78, 5) is 21.5. The maximum Gasteiger partial charge on any atom is 0.356 e. The number of carboxylic acids is 1. The lowest BCUT2D eigenvalue weighted by molar-refractivity contribution is 0.0690. The summed E-state index contributed by atoms with van der Waals surface area (Å²) in [7, 11) is 0. The highest BCUT2D eigenvalue weighted by Gasteiger charge is 2.19. The van der Waals surface area contributed by atoms with Crippen LogP contribution in [0.3, 0.4) is 0 Å². The van der Waals surface area contributed by atoms with Crippen molar-refractivity contribution in [2.24, 2.45) is 0 Å². The number of carboxylic acid groups (broad SMARTS) is 1. The smallest absolute Gasteiger partial charge is 0.356 e. The number of likely N-dealkylation sites (tertiary alicyclic amines) is 1. The van der Waals surface area contributed by atoms with Crippen LogP contribution in [0.15, 0.2) is 36.7 Å². The number of nitrogens with zero attached hydrogens (tertiary/aromatic N) is 3. The molecule has 1 aromatic carbocycles. The quantitative estimate of drug-likeness (QED) is 0.939. The minimum Gasteiger partial charge on any atom is -0.476 e. The first kappa shape index (κ1) is 14.7. The standard InChI is InChI=1S/C17H19N3O2/c1-12(20-8-2-3-9-20)13-4-6-14(7-5-13)15-10-18-11-16(19-15)17(21)22/h4-7,10-12H,2-3,8-9H2,1H3,(H,21,22). The Morgan fingerprint density at radius 3 is 2.50 bits per heavy atom. The molecule has 0 bridgehead atoms. The van der Waals surface area contributed by atoms with E-state index < -0.39 is 5.97 Å². The van der Waals surface area contributed by atoms with Crippen molar-refractivity contribution in [2.75, 3.05) is 13.1 Å². The van der Waals surface area contributed by atoms with Gasteiger partial charge in [0.15, 0.2) is 5.69 Å². The van der Waals surface area contributed by atoms with Gasteiger partial charge in [-0.05, 0) is 38.4 Å². The van der Waals surface area contributed by atoms with E-state index in [2.05, 4.69) is 33.9 Å². The van der Waals surface area contributed by atoms with Crippen LogP contribution in [0.1, 0.15) is 41.9 Å². The predicted molar refractivity (Wildman–Crippen MR) is 83.6 cm³/mol. The molecule has 1 saturated heterocycles. The van der Waals surface area contributed by atoms with Crippen molar-refractivity contribution in [1.29, 1.82) is 0 Å². The largest absolute Gasteiger partial charge is 0.476 e. The van der Waals surface area contributed by atoms with Gasteiger partial charge in [0, 0.05) is 11.6 Å². The summed E-state index contributed by atoms with van der Waals surface area (Å²) in [6, 6.07) is 8.56. The monoisotopic (exact) mass is 297 g/mol. The van der Waals surface area contributed by atoms with E-state index >= 15 is 0 Å². The minimum atomic E-state index is -1.06. The van der Waals surface area contributed by atoms with Gasteiger partial charge in [-0.25, -0.2) is 9.78 Å². The average molecular weight is 297 g/mol. The third-order valence-corrected chi connectivity index (χ3v) is 4.23. The van der Waals surface area contributed by atoms with Crippen molar-refractivity contribution < 1.29 is 9.90 Å². The number of aromatic nitrogens is 2. The Hall–Kier alpha value is -2.27. The molecule has 3 rings (SSSR count). The van der Waals surface area contributed by atoms with Crippen LogP contribution in [0.5, 0.6) is 0 Å². The van der Waals surface area contributed by atoms with Gasteiger partial charge < -0.3 is 5.11 Å². The normalized spacial score (nSPS) is 16.6. The lowest BCUT2D eigenvalue weighted by Crippen LogP contribution is -2.23. The molecule has 0 amide bonds. The van der Waals surface area contributed by atoms with Crippen molar-refractivity contribution in [3.63, 3.8) is 0 Å². The summed E-state index contributed by atoms with van der Waals surface area (Å²) in [6.07, 6.45) is 5.40. The van der Waals surface area contributed by atoms with Gasteiger partial charge in [-0.15, -0.1) is 0 Å². The third-order valence-electron chi connectivity index (χ3n) is 4.23. The minimum absolute atomic E-state index is 0.0352. The highest BCUT2D eigenvalue weighted by atomic mass is 16.4. The van der Waals surface area contributed by atoms with Gasteiger partial charge in [-0.1, -0.05) is 24.3 Å². The molecule has 2 heterocycles. The number of benzene rings is 1. The Bertz CT molecular complexity index is 664. The molecule has 1 atom stereocenters. The number of rotatable bonds is 4. The summed E-state index contributed by atoms with van der Waals surface area (Å²) < 4.78 is 0. The van der Waals surface area contributed by atoms with Gasteiger partial charge in [-0.2, -0.15) is 0 Å². The van der Waals surface area contributed by atoms with E-state index in [1.165, 1.54) is 24.6 Å². The van der Waals surface area contributed by atoms with E-state index in [-0.39, 0.29) is 5.69 Å². The molecule has 0 saturated carbocycles. The van der Waals surface area contributed by atoms with Crippen LogP contribution in [0.4, 0.5) is 0 Å². The summed E-state index contributed by atoms with van der Waals surface area (Å²) in [6.45, 7) is 4.55. The molecule has 1 unspecified atom stereocenters. The van der Waals surface area contributed by atoms with Crippen LogP contribution in [0.25, 0.3) is 11.3 Å². The fourth-order valence-corrected chi connectivity index (χ4v) is 2.88. The molecule has 0 radical (unpaired) electrons. The second-order valence-corrected chi connectivity index (χ2v) is 5.64. The first-order valence-electron chi connectivity index (χ1n) is 7.55. The molecule has 1 fully saturated rings. The second kappa shape index (κ2) is 6.23. The van der Waals surface area contributed by atoms with Crippen LogP contribution in [0.2, 0.25) is 0 Å². The molecule has 5 nitrogen and oxygen atoms in total. The first-order chi connectivity index (χ1) is 10.6. The molecule has 0 spiro atoms. The molecule has 1 aliphatic rings. The summed E-state index contributed by atoms with van der Waals surface area (Å²) in [5, 5.41) is 8.99. The van der Waals surface area contributed by atoms with Gasteiger partial charge in [-0.3, -0.25) is 9.88 Å². The molecular formula is C17H19N3O2. The number of carbonyl (C=O) groups is 1. The molecule has 1 aliphatic heterocycles. The van der Waals surface area contributed by atoms with Crippen molar-refractivity contribution in [1.82, 2.24) is 14.9 Å². The highest BCUT2D eigenvalue weighted by molar-refractivity contribution is 5.85. The predicted octanol–water partition coefficient (Wildman–Crippen LogP) is 3.00. The van der Waals surface area contributed by atoms with Crippen LogP contribution >= 0.6 is 0 Å². The van der Waals surface area contributed by atoms with E-state index in [0.29, 0.717) is 11.7 Å². The van der Waals surface area contributed by atoms with E-state index in [1.54, 1.807) is 6.20 Å². The zero-order valence-corrected chi connectivity index (χ0v) is 12.6. The number of aromatic carboxylic acids is 1. The summed E-state index contributed by atoms with van der Waals surface area (Å²) in [5.74, 6) is -1.06. The molecule has 22 heavy (non-hydrogen) atoms. The highest BCUT2D eigenvalue weighted by Crippen LogP contribution is 2.26. The van der Waals surface area contributed by atoms with Gasteiger partial charge in [0.25, 0.3) is 0 Å².